The fraction of sp³-hybridized carbons (Fsp3) is 0.357. The van der Waals surface area contributed by atoms with Crippen molar-refractivity contribution in [2.75, 3.05) is 6.54 Å². The van der Waals surface area contributed by atoms with Gasteiger partial charge in [-0.3, -0.25) is 0 Å². The number of aliphatic hydroxyl groups is 1. The normalized spacial score (nSPS) is 14.2. The molecule has 3 nitrogen and oxygen atoms in total. The quantitative estimate of drug-likeness (QED) is 0.861. The van der Waals surface area contributed by atoms with E-state index < -0.39 is 17.7 Å². The van der Waals surface area contributed by atoms with E-state index in [9.17, 15) is 13.9 Å². The van der Waals surface area contributed by atoms with E-state index in [0.717, 1.165) is 29.6 Å². The molecular weight excluding hydrogens is 282 g/mol. The molecule has 0 amide bonds. The van der Waals surface area contributed by atoms with Crippen molar-refractivity contribution >= 4 is 11.3 Å². The highest BCUT2D eigenvalue weighted by Gasteiger charge is 2.17. The van der Waals surface area contributed by atoms with Gasteiger partial charge in [-0.15, -0.1) is 11.3 Å². The Kier molecular flexibility index (Phi) is 5.17. The second-order valence-electron chi connectivity index (χ2n) is 4.42. The van der Waals surface area contributed by atoms with E-state index in [4.69, 9.17) is 0 Å². The fourth-order valence-corrected chi connectivity index (χ4v) is 2.74. The zero-order chi connectivity index (χ0) is 14.5. The minimum Gasteiger partial charge on any atom is -0.387 e. The summed E-state index contributed by atoms with van der Waals surface area (Å²) in [5, 5.41) is 15.9. The van der Waals surface area contributed by atoms with Crippen molar-refractivity contribution in [2.24, 2.45) is 0 Å². The van der Waals surface area contributed by atoms with Gasteiger partial charge in [0.2, 0.25) is 0 Å². The van der Waals surface area contributed by atoms with Crippen molar-refractivity contribution in [3.8, 4) is 0 Å². The third-order valence-corrected chi connectivity index (χ3v) is 3.92. The smallest absolute Gasteiger partial charge is 0.129 e. The van der Waals surface area contributed by atoms with Crippen LogP contribution in [-0.4, -0.2) is 16.6 Å². The van der Waals surface area contributed by atoms with E-state index in [-0.39, 0.29) is 18.2 Å². The maximum absolute atomic E-state index is 13.5. The molecule has 2 rings (SSSR count). The standard InChI is InChI=1S/C14H16F2N2OS/c1-2-12(14-17-5-6-20-14)18-8-13(19)10-7-9(15)3-4-11(10)16/h3-7,12-13,18-19H,2,8H2,1H3. The van der Waals surface area contributed by atoms with Crippen LogP contribution >= 0.6 is 11.3 Å². The topological polar surface area (TPSA) is 45.1 Å². The minimum atomic E-state index is -1.10. The molecule has 0 radical (unpaired) electrons. The van der Waals surface area contributed by atoms with E-state index >= 15 is 0 Å². The van der Waals surface area contributed by atoms with Crippen LogP contribution in [0.5, 0.6) is 0 Å². The molecule has 0 fully saturated rings. The molecule has 0 spiro atoms. The fourth-order valence-electron chi connectivity index (χ4n) is 1.95. The Hall–Kier alpha value is -1.37. The third kappa shape index (κ3) is 3.59. The van der Waals surface area contributed by atoms with Crippen LogP contribution < -0.4 is 5.32 Å². The lowest BCUT2D eigenvalue weighted by Gasteiger charge is -2.18. The molecule has 1 aromatic carbocycles. The summed E-state index contributed by atoms with van der Waals surface area (Å²) in [5.74, 6) is -1.17. The van der Waals surface area contributed by atoms with Crippen molar-refractivity contribution < 1.29 is 13.9 Å². The van der Waals surface area contributed by atoms with Crippen LogP contribution in [0.4, 0.5) is 8.78 Å². The Balaban J connectivity index is 2.01. The van der Waals surface area contributed by atoms with Gasteiger partial charge in [-0.2, -0.15) is 0 Å². The van der Waals surface area contributed by atoms with Crippen LogP contribution in [-0.2, 0) is 0 Å². The molecule has 20 heavy (non-hydrogen) atoms. The number of halogens is 2. The van der Waals surface area contributed by atoms with Crippen LogP contribution in [0.3, 0.4) is 0 Å². The molecule has 108 valence electrons. The van der Waals surface area contributed by atoms with Gasteiger partial charge in [0.15, 0.2) is 0 Å². The summed E-state index contributed by atoms with van der Waals surface area (Å²) < 4.78 is 26.6. The molecule has 2 aromatic rings. The van der Waals surface area contributed by atoms with Crippen molar-refractivity contribution in [1.29, 1.82) is 0 Å². The molecular formula is C14H16F2N2OS. The van der Waals surface area contributed by atoms with Gasteiger partial charge in [0.05, 0.1) is 12.1 Å². The van der Waals surface area contributed by atoms with Gasteiger partial charge in [0.25, 0.3) is 0 Å². The zero-order valence-electron chi connectivity index (χ0n) is 11.0. The van der Waals surface area contributed by atoms with Crippen LogP contribution in [0.2, 0.25) is 0 Å². The molecule has 2 atom stereocenters. The minimum absolute atomic E-state index is 0.00118. The summed E-state index contributed by atoms with van der Waals surface area (Å²) in [6.45, 7) is 2.13. The van der Waals surface area contributed by atoms with E-state index in [0.29, 0.717) is 0 Å². The predicted octanol–water partition coefficient (Wildman–Crippen LogP) is 3.20. The largest absolute Gasteiger partial charge is 0.387 e. The maximum Gasteiger partial charge on any atom is 0.129 e. The highest BCUT2D eigenvalue weighted by atomic mass is 32.1. The van der Waals surface area contributed by atoms with Gasteiger partial charge in [0, 0.05) is 23.7 Å². The highest BCUT2D eigenvalue weighted by Crippen LogP contribution is 2.22. The lowest BCUT2D eigenvalue weighted by atomic mass is 10.1. The van der Waals surface area contributed by atoms with Crippen LogP contribution in [0.25, 0.3) is 0 Å². The number of rotatable bonds is 6. The third-order valence-electron chi connectivity index (χ3n) is 3.03. The Morgan fingerprint density at radius 2 is 2.20 bits per heavy atom. The van der Waals surface area contributed by atoms with Gasteiger partial charge in [-0.05, 0) is 24.6 Å². The molecule has 0 aliphatic heterocycles. The maximum atomic E-state index is 13.5. The van der Waals surface area contributed by atoms with Gasteiger partial charge in [-0.1, -0.05) is 6.92 Å². The average Bonchev–Trinajstić information content (AvgIpc) is 2.96. The van der Waals surface area contributed by atoms with Crippen LogP contribution in [0, 0.1) is 11.6 Å². The van der Waals surface area contributed by atoms with Crippen molar-refractivity contribution in [3.63, 3.8) is 0 Å². The summed E-state index contributed by atoms with van der Waals surface area (Å²) in [5.41, 5.74) is -0.0357. The van der Waals surface area contributed by atoms with Crippen molar-refractivity contribution in [3.05, 3.63) is 52.0 Å². The number of aromatic nitrogens is 1. The summed E-state index contributed by atoms with van der Waals surface area (Å²) in [6, 6.07) is 3.07. The Morgan fingerprint density at radius 3 is 2.85 bits per heavy atom. The van der Waals surface area contributed by atoms with E-state index in [2.05, 4.69) is 10.3 Å². The molecule has 6 heteroatoms. The van der Waals surface area contributed by atoms with Gasteiger partial charge in [0.1, 0.15) is 16.6 Å². The second-order valence-corrected chi connectivity index (χ2v) is 5.35. The molecule has 0 saturated heterocycles. The number of nitrogens with one attached hydrogen (secondary N) is 1. The first kappa shape index (κ1) is 15.0. The molecule has 2 unspecified atom stereocenters. The number of nitrogens with zero attached hydrogens (tertiary/aromatic N) is 1. The van der Waals surface area contributed by atoms with Gasteiger partial charge in [-0.25, -0.2) is 13.8 Å². The number of aliphatic hydroxyl groups excluding tert-OH is 1. The van der Waals surface area contributed by atoms with E-state index in [1.54, 1.807) is 6.20 Å². The van der Waals surface area contributed by atoms with Crippen LogP contribution in [0.1, 0.15) is 36.1 Å². The Morgan fingerprint density at radius 1 is 1.40 bits per heavy atom. The second kappa shape index (κ2) is 6.88. The number of hydrogen-bond acceptors (Lipinski definition) is 4. The summed E-state index contributed by atoms with van der Waals surface area (Å²) in [6.07, 6.45) is 1.42. The molecule has 0 aliphatic carbocycles. The van der Waals surface area contributed by atoms with E-state index in [1.807, 2.05) is 12.3 Å². The monoisotopic (exact) mass is 298 g/mol. The summed E-state index contributed by atoms with van der Waals surface area (Å²) >= 11 is 1.52. The lowest BCUT2D eigenvalue weighted by molar-refractivity contribution is 0.164. The lowest BCUT2D eigenvalue weighted by Crippen LogP contribution is -2.26. The predicted molar refractivity (Wildman–Crippen MR) is 74.5 cm³/mol. The van der Waals surface area contributed by atoms with Crippen molar-refractivity contribution in [1.82, 2.24) is 10.3 Å². The SMILES string of the molecule is CCC(NCC(O)c1cc(F)ccc1F)c1nccs1. The molecule has 2 N–H and O–H groups in total. The zero-order valence-corrected chi connectivity index (χ0v) is 11.8. The Labute approximate surface area is 120 Å². The van der Waals surface area contributed by atoms with Crippen molar-refractivity contribution in [2.45, 2.75) is 25.5 Å². The van der Waals surface area contributed by atoms with Gasteiger partial charge >= 0.3 is 0 Å². The van der Waals surface area contributed by atoms with Gasteiger partial charge < -0.3 is 10.4 Å². The number of benzene rings is 1. The van der Waals surface area contributed by atoms with Crippen LogP contribution in [0.15, 0.2) is 29.8 Å². The summed E-state index contributed by atoms with van der Waals surface area (Å²) in [4.78, 5) is 4.21. The summed E-state index contributed by atoms with van der Waals surface area (Å²) in [7, 11) is 0. The highest BCUT2D eigenvalue weighted by molar-refractivity contribution is 7.09. The molecule has 1 aromatic heterocycles. The molecule has 0 bridgehead atoms. The first-order valence-corrected chi connectivity index (χ1v) is 7.25. The Bertz CT molecular complexity index is 548. The molecule has 0 saturated carbocycles. The molecule has 0 aliphatic rings. The first-order valence-electron chi connectivity index (χ1n) is 6.37. The average molecular weight is 298 g/mol. The molecule has 1 heterocycles. The first-order chi connectivity index (χ1) is 9.61. The number of hydrogen-bond donors (Lipinski definition) is 2. The van der Waals surface area contributed by atoms with E-state index in [1.165, 1.54) is 11.3 Å². The number of thiazole rings is 1.